The van der Waals surface area contributed by atoms with E-state index in [9.17, 15) is 0 Å². The highest BCUT2D eigenvalue weighted by atomic mass is 127. The first-order chi connectivity index (χ1) is 11.7. The SMILES string of the molecule is CN=C(NCC(C)c1ccsc1)NCC(C)c1ccccc1OC.I. The monoisotopic (exact) mass is 473 g/mol. The lowest BCUT2D eigenvalue weighted by molar-refractivity contribution is 0.406. The molecule has 0 bridgehead atoms. The van der Waals surface area contributed by atoms with Crippen LogP contribution in [-0.4, -0.2) is 33.2 Å². The van der Waals surface area contributed by atoms with Gasteiger partial charge in [0.25, 0.3) is 0 Å². The Hall–Kier alpha value is -1.28. The van der Waals surface area contributed by atoms with Crippen LogP contribution in [0.3, 0.4) is 0 Å². The fraction of sp³-hybridized carbons (Fsp3) is 0.421. The summed E-state index contributed by atoms with van der Waals surface area (Å²) in [5, 5.41) is 11.1. The van der Waals surface area contributed by atoms with Crippen LogP contribution in [0.2, 0.25) is 0 Å². The molecule has 138 valence electrons. The van der Waals surface area contributed by atoms with Crippen molar-refractivity contribution < 1.29 is 4.74 Å². The van der Waals surface area contributed by atoms with Crippen molar-refractivity contribution in [2.24, 2.45) is 4.99 Å². The third-order valence-electron chi connectivity index (χ3n) is 4.16. The van der Waals surface area contributed by atoms with Gasteiger partial charge in [0, 0.05) is 26.1 Å². The maximum Gasteiger partial charge on any atom is 0.191 e. The smallest absolute Gasteiger partial charge is 0.191 e. The van der Waals surface area contributed by atoms with Gasteiger partial charge in [0.15, 0.2) is 5.96 Å². The molecule has 0 fully saturated rings. The van der Waals surface area contributed by atoms with E-state index in [0.717, 1.165) is 24.8 Å². The number of thiophene rings is 1. The molecule has 0 spiro atoms. The van der Waals surface area contributed by atoms with Gasteiger partial charge in [-0.1, -0.05) is 32.0 Å². The molecule has 0 aliphatic heterocycles. The molecule has 2 aromatic rings. The van der Waals surface area contributed by atoms with E-state index in [0.29, 0.717) is 11.8 Å². The number of benzene rings is 1. The Kier molecular flexibility index (Phi) is 9.89. The van der Waals surface area contributed by atoms with Crippen molar-refractivity contribution in [3.05, 3.63) is 52.2 Å². The Morgan fingerprint density at radius 1 is 1.12 bits per heavy atom. The number of hydrogen-bond acceptors (Lipinski definition) is 3. The predicted octanol–water partition coefficient (Wildman–Crippen LogP) is 4.45. The summed E-state index contributed by atoms with van der Waals surface area (Å²) in [5.41, 5.74) is 2.57. The standard InChI is InChI=1S/C19H27N3OS.HI/c1-14(16-9-10-24-13-16)11-21-19(20-3)22-12-15(2)17-7-5-6-8-18(17)23-4;/h5-10,13-15H,11-12H2,1-4H3,(H2,20,21,22);1H. The topological polar surface area (TPSA) is 45.7 Å². The molecule has 2 atom stereocenters. The zero-order valence-electron chi connectivity index (χ0n) is 15.3. The lowest BCUT2D eigenvalue weighted by Crippen LogP contribution is -2.40. The van der Waals surface area contributed by atoms with Crippen LogP contribution in [-0.2, 0) is 0 Å². The predicted molar refractivity (Wildman–Crippen MR) is 119 cm³/mol. The second kappa shape index (κ2) is 11.4. The molecule has 2 N–H and O–H groups in total. The van der Waals surface area contributed by atoms with Crippen molar-refractivity contribution in [2.75, 3.05) is 27.2 Å². The minimum Gasteiger partial charge on any atom is -0.496 e. The van der Waals surface area contributed by atoms with Gasteiger partial charge in [-0.3, -0.25) is 4.99 Å². The average molecular weight is 473 g/mol. The quantitative estimate of drug-likeness (QED) is 0.355. The van der Waals surface area contributed by atoms with Crippen LogP contribution in [0, 0.1) is 0 Å². The molecule has 2 rings (SSSR count). The van der Waals surface area contributed by atoms with Gasteiger partial charge >= 0.3 is 0 Å². The minimum atomic E-state index is 0. The summed E-state index contributed by atoms with van der Waals surface area (Å²) in [6, 6.07) is 10.3. The number of hydrogen-bond donors (Lipinski definition) is 2. The molecular weight excluding hydrogens is 445 g/mol. The normalized spacial score (nSPS) is 13.5. The van der Waals surface area contributed by atoms with E-state index in [4.69, 9.17) is 4.74 Å². The number of guanidine groups is 1. The van der Waals surface area contributed by atoms with Crippen LogP contribution in [0.4, 0.5) is 0 Å². The Morgan fingerprint density at radius 3 is 2.40 bits per heavy atom. The molecular formula is C19H28IN3OS. The van der Waals surface area contributed by atoms with E-state index in [-0.39, 0.29) is 24.0 Å². The Balaban J connectivity index is 0.00000312. The van der Waals surface area contributed by atoms with Crippen molar-refractivity contribution in [3.63, 3.8) is 0 Å². The van der Waals surface area contributed by atoms with Crippen LogP contribution in [0.1, 0.15) is 36.8 Å². The molecule has 0 saturated carbocycles. The molecule has 4 nitrogen and oxygen atoms in total. The molecule has 1 aromatic carbocycles. The molecule has 0 aliphatic carbocycles. The first kappa shape index (κ1) is 21.8. The summed E-state index contributed by atoms with van der Waals surface area (Å²) < 4.78 is 5.45. The zero-order valence-corrected chi connectivity index (χ0v) is 18.4. The lowest BCUT2D eigenvalue weighted by Gasteiger charge is -2.19. The fourth-order valence-corrected chi connectivity index (χ4v) is 3.36. The van der Waals surface area contributed by atoms with E-state index < -0.39 is 0 Å². The van der Waals surface area contributed by atoms with E-state index in [1.54, 1.807) is 25.5 Å². The highest BCUT2D eigenvalue weighted by Crippen LogP contribution is 2.25. The van der Waals surface area contributed by atoms with Crippen LogP contribution in [0.5, 0.6) is 5.75 Å². The van der Waals surface area contributed by atoms with Gasteiger partial charge in [-0.2, -0.15) is 11.3 Å². The third-order valence-corrected chi connectivity index (χ3v) is 4.86. The van der Waals surface area contributed by atoms with Gasteiger partial charge in [-0.05, 0) is 39.9 Å². The fourth-order valence-electron chi connectivity index (χ4n) is 2.58. The van der Waals surface area contributed by atoms with E-state index in [1.807, 2.05) is 18.2 Å². The molecule has 1 aromatic heterocycles. The highest BCUT2D eigenvalue weighted by Gasteiger charge is 2.12. The lowest BCUT2D eigenvalue weighted by atomic mass is 10.0. The number of aliphatic imine (C=N–C) groups is 1. The van der Waals surface area contributed by atoms with Gasteiger partial charge < -0.3 is 15.4 Å². The summed E-state index contributed by atoms with van der Waals surface area (Å²) in [5.74, 6) is 2.55. The Labute approximate surface area is 172 Å². The first-order valence-electron chi connectivity index (χ1n) is 8.25. The van der Waals surface area contributed by atoms with Gasteiger partial charge in [0.1, 0.15) is 5.75 Å². The number of nitrogens with one attached hydrogen (secondary N) is 2. The number of para-hydroxylation sites is 1. The molecule has 6 heteroatoms. The van der Waals surface area contributed by atoms with Crippen LogP contribution in [0.15, 0.2) is 46.1 Å². The van der Waals surface area contributed by atoms with Gasteiger partial charge in [-0.15, -0.1) is 24.0 Å². The minimum absolute atomic E-state index is 0. The van der Waals surface area contributed by atoms with E-state index in [2.05, 4.69) is 52.4 Å². The molecule has 0 radical (unpaired) electrons. The second-order valence-corrected chi connectivity index (χ2v) is 6.71. The van der Waals surface area contributed by atoms with E-state index in [1.165, 1.54) is 11.1 Å². The number of rotatable bonds is 7. The maximum absolute atomic E-state index is 5.45. The summed E-state index contributed by atoms with van der Waals surface area (Å²) in [6.45, 7) is 6.07. The van der Waals surface area contributed by atoms with Crippen LogP contribution >= 0.6 is 35.3 Å². The maximum atomic E-state index is 5.45. The van der Waals surface area contributed by atoms with Gasteiger partial charge in [0.05, 0.1) is 7.11 Å². The Morgan fingerprint density at radius 2 is 1.80 bits per heavy atom. The molecule has 0 amide bonds. The van der Waals surface area contributed by atoms with Crippen molar-refractivity contribution in [2.45, 2.75) is 25.7 Å². The largest absolute Gasteiger partial charge is 0.496 e. The Bertz CT molecular complexity index is 646. The van der Waals surface area contributed by atoms with Gasteiger partial charge in [-0.25, -0.2) is 0 Å². The summed E-state index contributed by atoms with van der Waals surface area (Å²) in [7, 11) is 3.52. The van der Waals surface area contributed by atoms with Crippen LogP contribution in [0.25, 0.3) is 0 Å². The van der Waals surface area contributed by atoms with Crippen LogP contribution < -0.4 is 15.4 Å². The van der Waals surface area contributed by atoms with Gasteiger partial charge in [0.2, 0.25) is 0 Å². The second-order valence-electron chi connectivity index (χ2n) is 5.93. The molecule has 0 aliphatic rings. The van der Waals surface area contributed by atoms with Crippen molar-refractivity contribution in [1.82, 2.24) is 10.6 Å². The number of ether oxygens (including phenoxy) is 1. The zero-order chi connectivity index (χ0) is 17.4. The third kappa shape index (κ3) is 6.51. The summed E-state index contributed by atoms with van der Waals surface area (Å²) in [4.78, 5) is 4.32. The number of nitrogens with zero attached hydrogens (tertiary/aromatic N) is 1. The summed E-state index contributed by atoms with van der Waals surface area (Å²) in [6.07, 6.45) is 0. The average Bonchev–Trinajstić information content (AvgIpc) is 3.16. The highest BCUT2D eigenvalue weighted by molar-refractivity contribution is 14.0. The molecule has 0 saturated heterocycles. The van der Waals surface area contributed by atoms with Crippen molar-refractivity contribution in [3.8, 4) is 5.75 Å². The first-order valence-corrected chi connectivity index (χ1v) is 9.19. The number of halogens is 1. The van der Waals surface area contributed by atoms with E-state index >= 15 is 0 Å². The van der Waals surface area contributed by atoms with Crippen molar-refractivity contribution in [1.29, 1.82) is 0 Å². The van der Waals surface area contributed by atoms with Crippen molar-refractivity contribution >= 4 is 41.3 Å². The molecule has 2 unspecified atom stereocenters. The summed E-state index contributed by atoms with van der Waals surface area (Å²) >= 11 is 1.74. The molecule has 25 heavy (non-hydrogen) atoms. The molecule has 1 heterocycles. The number of methoxy groups -OCH3 is 1.